The number of piperidine rings is 1. The van der Waals surface area contributed by atoms with Crippen molar-refractivity contribution in [1.29, 1.82) is 0 Å². The molecule has 2 aliphatic heterocycles. The van der Waals surface area contributed by atoms with Crippen LogP contribution < -0.4 is 10.6 Å². The van der Waals surface area contributed by atoms with Gasteiger partial charge in [-0.3, -0.25) is 4.79 Å². The van der Waals surface area contributed by atoms with E-state index in [1.807, 2.05) is 0 Å². The van der Waals surface area contributed by atoms with Gasteiger partial charge >= 0.3 is 0 Å². The molecule has 20 heavy (non-hydrogen) atoms. The lowest BCUT2D eigenvalue weighted by atomic mass is 9.97. The maximum absolute atomic E-state index is 11.8. The molecule has 1 atom stereocenters. The Bertz CT molecular complexity index is 265. The van der Waals surface area contributed by atoms with Gasteiger partial charge in [-0.1, -0.05) is 0 Å². The van der Waals surface area contributed by atoms with Crippen LogP contribution in [0.4, 0.5) is 0 Å². The monoisotopic (exact) mass is 325 g/mol. The second-order valence-corrected chi connectivity index (χ2v) is 5.95. The van der Waals surface area contributed by atoms with Gasteiger partial charge in [0.2, 0.25) is 5.91 Å². The Morgan fingerprint density at radius 2 is 1.90 bits per heavy atom. The minimum Gasteiger partial charge on any atom is -0.356 e. The summed E-state index contributed by atoms with van der Waals surface area (Å²) in [5.41, 5.74) is 0. The van der Waals surface area contributed by atoms with Crippen molar-refractivity contribution < 1.29 is 4.79 Å². The average Bonchev–Trinajstić information content (AvgIpc) is 2.89. The third-order valence-electron chi connectivity index (χ3n) is 4.37. The van der Waals surface area contributed by atoms with Crippen molar-refractivity contribution in [3.8, 4) is 0 Å². The molecule has 120 valence electrons. The number of carbonyl (C=O) groups excluding carboxylic acids is 1. The van der Waals surface area contributed by atoms with E-state index in [9.17, 15) is 4.79 Å². The van der Waals surface area contributed by atoms with Gasteiger partial charge in [0.25, 0.3) is 0 Å². The lowest BCUT2D eigenvalue weighted by molar-refractivity contribution is -0.121. The molecule has 1 unspecified atom stereocenters. The van der Waals surface area contributed by atoms with Gasteiger partial charge < -0.3 is 15.5 Å². The second kappa shape index (κ2) is 10.7. The number of nitrogens with zero attached hydrogens (tertiary/aromatic N) is 1. The van der Waals surface area contributed by atoms with Crippen LogP contribution in [0.5, 0.6) is 0 Å². The summed E-state index contributed by atoms with van der Waals surface area (Å²) in [5.74, 6) is 1.67. The van der Waals surface area contributed by atoms with Crippen LogP contribution in [0.25, 0.3) is 0 Å². The van der Waals surface area contributed by atoms with E-state index in [1.165, 1.54) is 32.4 Å². The maximum atomic E-state index is 11.8. The zero-order chi connectivity index (χ0) is 12.8. The van der Waals surface area contributed by atoms with E-state index in [0.717, 1.165) is 32.0 Å². The average molecular weight is 326 g/mol. The molecule has 0 radical (unpaired) electrons. The van der Waals surface area contributed by atoms with Gasteiger partial charge in [0.15, 0.2) is 0 Å². The Labute approximate surface area is 135 Å². The minimum atomic E-state index is 0. The smallest absolute Gasteiger partial charge is 0.220 e. The Morgan fingerprint density at radius 3 is 2.50 bits per heavy atom. The predicted molar refractivity (Wildman–Crippen MR) is 87.9 cm³/mol. The normalized spacial score (nSPS) is 23.8. The molecule has 0 saturated carbocycles. The van der Waals surface area contributed by atoms with Crippen LogP contribution in [-0.2, 0) is 4.79 Å². The van der Waals surface area contributed by atoms with Crippen LogP contribution in [0.15, 0.2) is 0 Å². The molecule has 0 aromatic heterocycles. The molecule has 0 aromatic carbocycles. The topological polar surface area (TPSA) is 44.4 Å². The summed E-state index contributed by atoms with van der Waals surface area (Å²) < 4.78 is 0. The van der Waals surface area contributed by atoms with Gasteiger partial charge in [0, 0.05) is 13.0 Å². The summed E-state index contributed by atoms with van der Waals surface area (Å²) in [7, 11) is 2.17. The highest BCUT2D eigenvalue weighted by Gasteiger charge is 2.18. The lowest BCUT2D eigenvalue weighted by Crippen LogP contribution is -2.36. The van der Waals surface area contributed by atoms with Gasteiger partial charge in [0.1, 0.15) is 0 Å². The Morgan fingerprint density at radius 1 is 1.20 bits per heavy atom. The third kappa shape index (κ3) is 7.11. The number of likely N-dealkylation sites (tertiary alicyclic amines) is 1. The number of carbonyl (C=O) groups is 1. The highest BCUT2D eigenvalue weighted by atomic mass is 35.5. The van der Waals surface area contributed by atoms with E-state index in [0.29, 0.717) is 12.3 Å². The highest BCUT2D eigenvalue weighted by Crippen LogP contribution is 2.16. The summed E-state index contributed by atoms with van der Waals surface area (Å²) in [5, 5.41) is 6.46. The summed E-state index contributed by atoms with van der Waals surface area (Å²) in [6.45, 7) is 5.46. The minimum absolute atomic E-state index is 0. The molecule has 0 bridgehead atoms. The first-order chi connectivity index (χ1) is 8.74. The van der Waals surface area contributed by atoms with E-state index < -0.39 is 0 Å². The SMILES string of the molecule is CN1CCC(CNC(=O)CCC2CCNC2)CC1.Cl.Cl. The molecule has 2 heterocycles. The maximum Gasteiger partial charge on any atom is 0.220 e. The van der Waals surface area contributed by atoms with E-state index in [1.54, 1.807) is 0 Å². The van der Waals surface area contributed by atoms with Crippen molar-refractivity contribution in [2.45, 2.75) is 32.1 Å². The van der Waals surface area contributed by atoms with Crippen LogP contribution in [0, 0.1) is 11.8 Å². The molecule has 2 N–H and O–H groups in total. The van der Waals surface area contributed by atoms with Crippen molar-refractivity contribution in [3.05, 3.63) is 0 Å². The Balaban J connectivity index is 0.00000180. The number of halogens is 2. The van der Waals surface area contributed by atoms with E-state index in [4.69, 9.17) is 0 Å². The number of rotatable bonds is 5. The van der Waals surface area contributed by atoms with E-state index in [-0.39, 0.29) is 30.7 Å². The highest BCUT2D eigenvalue weighted by molar-refractivity contribution is 5.85. The van der Waals surface area contributed by atoms with Gasteiger partial charge in [-0.2, -0.15) is 0 Å². The van der Waals surface area contributed by atoms with Crippen LogP contribution in [0.2, 0.25) is 0 Å². The van der Waals surface area contributed by atoms with Crippen molar-refractivity contribution >= 4 is 30.7 Å². The largest absolute Gasteiger partial charge is 0.356 e. The van der Waals surface area contributed by atoms with Gasteiger partial charge in [-0.05, 0) is 70.7 Å². The van der Waals surface area contributed by atoms with Crippen LogP contribution in [-0.4, -0.2) is 50.6 Å². The summed E-state index contributed by atoms with van der Waals surface area (Å²) in [6, 6.07) is 0. The van der Waals surface area contributed by atoms with Crippen molar-refractivity contribution in [2.75, 3.05) is 39.8 Å². The lowest BCUT2D eigenvalue weighted by Gasteiger charge is -2.28. The number of hydrogen-bond acceptors (Lipinski definition) is 3. The fraction of sp³-hybridized carbons (Fsp3) is 0.929. The first kappa shape index (κ1) is 20.0. The number of hydrogen-bond donors (Lipinski definition) is 2. The van der Waals surface area contributed by atoms with Crippen molar-refractivity contribution in [2.24, 2.45) is 11.8 Å². The number of amides is 1. The van der Waals surface area contributed by atoms with Crippen LogP contribution in [0.1, 0.15) is 32.1 Å². The molecule has 0 aliphatic carbocycles. The van der Waals surface area contributed by atoms with Crippen LogP contribution in [0.3, 0.4) is 0 Å². The molecule has 2 fully saturated rings. The second-order valence-electron chi connectivity index (χ2n) is 5.95. The van der Waals surface area contributed by atoms with Crippen molar-refractivity contribution in [1.82, 2.24) is 15.5 Å². The molecule has 6 heteroatoms. The standard InChI is InChI=1S/C14H27N3O.2ClH/c1-17-8-5-13(6-9-17)11-16-14(18)3-2-12-4-7-15-10-12;;/h12-13,15H,2-11H2,1H3,(H,16,18);2*1H. The molecule has 2 rings (SSSR count). The quantitative estimate of drug-likeness (QED) is 0.808. The first-order valence-corrected chi connectivity index (χ1v) is 7.40. The molecular weight excluding hydrogens is 297 g/mol. The fourth-order valence-corrected chi connectivity index (χ4v) is 2.91. The molecule has 0 aromatic rings. The Hall–Kier alpha value is -0.0300. The molecule has 4 nitrogen and oxygen atoms in total. The molecule has 1 amide bonds. The molecule has 0 spiro atoms. The first-order valence-electron chi connectivity index (χ1n) is 7.40. The van der Waals surface area contributed by atoms with Gasteiger partial charge in [0.05, 0.1) is 0 Å². The third-order valence-corrected chi connectivity index (χ3v) is 4.37. The van der Waals surface area contributed by atoms with Crippen LogP contribution >= 0.6 is 24.8 Å². The van der Waals surface area contributed by atoms with Gasteiger partial charge in [-0.25, -0.2) is 0 Å². The molecule has 2 aliphatic rings. The summed E-state index contributed by atoms with van der Waals surface area (Å²) in [6.07, 6.45) is 5.44. The van der Waals surface area contributed by atoms with Crippen molar-refractivity contribution in [3.63, 3.8) is 0 Å². The number of nitrogens with one attached hydrogen (secondary N) is 2. The van der Waals surface area contributed by atoms with E-state index >= 15 is 0 Å². The molecule has 2 saturated heterocycles. The molecular formula is C14H29Cl2N3O. The zero-order valence-electron chi connectivity index (χ0n) is 12.4. The zero-order valence-corrected chi connectivity index (χ0v) is 14.0. The summed E-state index contributed by atoms with van der Waals surface area (Å²) in [4.78, 5) is 14.1. The summed E-state index contributed by atoms with van der Waals surface area (Å²) >= 11 is 0. The van der Waals surface area contributed by atoms with Gasteiger partial charge in [-0.15, -0.1) is 24.8 Å². The fourth-order valence-electron chi connectivity index (χ4n) is 2.91. The predicted octanol–water partition coefficient (Wildman–Crippen LogP) is 1.68. The van der Waals surface area contributed by atoms with E-state index in [2.05, 4.69) is 22.6 Å². The Kier molecular flexibility index (Phi) is 10.6.